The van der Waals surface area contributed by atoms with Gasteiger partial charge in [-0.3, -0.25) is 9.69 Å². The zero-order valence-corrected chi connectivity index (χ0v) is 15.4. The Bertz CT molecular complexity index is 895. The van der Waals surface area contributed by atoms with Crippen LogP contribution in [0.5, 0.6) is 0 Å². The molecule has 1 aliphatic rings. The molecule has 2 aromatic carbocycles. The molecule has 0 saturated carbocycles. The van der Waals surface area contributed by atoms with Gasteiger partial charge in [0.25, 0.3) is 0 Å². The van der Waals surface area contributed by atoms with Gasteiger partial charge >= 0.3 is 0 Å². The average Bonchev–Trinajstić information content (AvgIpc) is 3.11. The molecule has 5 nitrogen and oxygen atoms in total. The highest BCUT2D eigenvalue weighted by Crippen LogP contribution is 2.15. The summed E-state index contributed by atoms with van der Waals surface area (Å²) < 4.78 is 7.37. The van der Waals surface area contributed by atoms with Gasteiger partial charge in [0.1, 0.15) is 6.54 Å². The van der Waals surface area contributed by atoms with E-state index in [1.807, 2.05) is 35.0 Å². The van der Waals surface area contributed by atoms with Gasteiger partial charge in [0.15, 0.2) is 0 Å². The molecule has 0 unspecified atom stereocenters. The molecule has 140 valence electrons. The lowest BCUT2D eigenvalue weighted by atomic mass is 10.1. The number of benzene rings is 2. The molecule has 1 aliphatic heterocycles. The van der Waals surface area contributed by atoms with Crippen LogP contribution in [0, 0.1) is 0 Å². The van der Waals surface area contributed by atoms with E-state index in [1.165, 1.54) is 5.56 Å². The monoisotopic (exact) mass is 363 g/mol. The van der Waals surface area contributed by atoms with Gasteiger partial charge < -0.3 is 14.6 Å². The van der Waals surface area contributed by atoms with Gasteiger partial charge in [-0.1, -0.05) is 42.5 Å². The summed E-state index contributed by atoms with van der Waals surface area (Å²) in [6.45, 7) is 5.47. The second-order valence-electron chi connectivity index (χ2n) is 6.98. The molecule has 0 radical (unpaired) electrons. The lowest BCUT2D eigenvalue weighted by Crippen LogP contribution is -2.35. The molecule has 0 aliphatic carbocycles. The maximum absolute atomic E-state index is 12.3. The Morgan fingerprint density at radius 1 is 0.963 bits per heavy atom. The molecule has 2 heterocycles. The van der Waals surface area contributed by atoms with E-state index in [0.29, 0.717) is 13.1 Å². The Labute approximate surface area is 159 Å². The molecule has 27 heavy (non-hydrogen) atoms. The first kappa shape index (κ1) is 17.8. The number of morpholine rings is 1. The summed E-state index contributed by atoms with van der Waals surface area (Å²) in [7, 11) is 0. The number of para-hydroxylation sites is 1. The molecule has 3 aromatic rings. The van der Waals surface area contributed by atoms with E-state index >= 15 is 0 Å². The van der Waals surface area contributed by atoms with Crippen LogP contribution in [0.1, 0.15) is 11.1 Å². The van der Waals surface area contributed by atoms with Crippen LogP contribution in [0.3, 0.4) is 0 Å². The molecule has 1 amide bonds. The number of fused-ring (bicyclic) bond motifs is 1. The fourth-order valence-corrected chi connectivity index (χ4v) is 3.47. The number of nitrogens with zero attached hydrogens (tertiary/aromatic N) is 2. The molecule has 0 atom stereocenters. The minimum atomic E-state index is 0.0220. The third-order valence-corrected chi connectivity index (χ3v) is 5.02. The van der Waals surface area contributed by atoms with Crippen LogP contribution in [0.25, 0.3) is 10.9 Å². The summed E-state index contributed by atoms with van der Waals surface area (Å²) in [4.78, 5) is 14.7. The molecular formula is C22H25N3O2. The normalized spacial score (nSPS) is 15.1. The van der Waals surface area contributed by atoms with Gasteiger partial charge in [-0.15, -0.1) is 0 Å². The first-order valence-electron chi connectivity index (χ1n) is 9.46. The molecule has 0 spiro atoms. The van der Waals surface area contributed by atoms with E-state index in [4.69, 9.17) is 4.74 Å². The smallest absolute Gasteiger partial charge is 0.240 e. The number of hydrogen-bond acceptors (Lipinski definition) is 3. The van der Waals surface area contributed by atoms with Crippen molar-refractivity contribution in [2.24, 2.45) is 0 Å². The fraction of sp³-hybridized carbons (Fsp3) is 0.318. The highest BCUT2D eigenvalue weighted by molar-refractivity contribution is 5.83. The van der Waals surface area contributed by atoms with E-state index in [9.17, 15) is 4.79 Å². The van der Waals surface area contributed by atoms with Gasteiger partial charge in [-0.05, 0) is 28.6 Å². The largest absolute Gasteiger partial charge is 0.379 e. The molecule has 4 rings (SSSR count). The predicted octanol–water partition coefficient (Wildman–Crippen LogP) is 2.79. The summed E-state index contributed by atoms with van der Waals surface area (Å²) >= 11 is 0. The molecule has 0 bridgehead atoms. The zero-order chi connectivity index (χ0) is 18.5. The van der Waals surface area contributed by atoms with Crippen LogP contribution in [0.2, 0.25) is 0 Å². The van der Waals surface area contributed by atoms with Crippen molar-refractivity contribution < 1.29 is 9.53 Å². The molecule has 1 saturated heterocycles. The van der Waals surface area contributed by atoms with Crippen LogP contribution in [-0.4, -0.2) is 41.7 Å². The average molecular weight is 363 g/mol. The lowest BCUT2D eigenvalue weighted by molar-refractivity contribution is -0.121. The highest BCUT2D eigenvalue weighted by Gasteiger charge is 2.10. The van der Waals surface area contributed by atoms with Crippen molar-refractivity contribution in [2.45, 2.75) is 19.6 Å². The van der Waals surface area contributed by atoms with Crippen LogP contribution in [0.15, 0.2) is 60.8 Å². The number of aromatic nitrogens is 1. The van der Waals surface area contributed by atoms with Crippen LogP contribution in [-0.2, 0) is 29.2 Å². The lowest BCUT2D eigenvalue weighted by Gasteiger charge is -2.26. The van der Waals surface area contributed by atoms with E-state index in [1.54, 1.807) is 0 Å². The quantitative estimate of drug-likeness (QED) is 0.733. The van der Waals surface area contributed by atoms with Crippen LogP contribution < -0.4 is 5.32 Å². The number of hydrogen-bond donors (Lipinski definition) is 1. The van der Waals surface area contributed by atoms with E-state index < -0.39 is 0 Å². The van der Waals surface area contributed by atoms with Crippen molar-refractivity contribution in [1.29, 1.82) is 0 Å². The Hall–Kier alpha value is -2.63. The van der Waals surface area contributed by atoms with Crippen molar-refractivity contribution >= 4 is 16.8 Å². The molecule has 1 N–H and O–H groups in total. The van der Waals surface area contributed by atoms with Crippen LogP contribution >= 0.6 is 0 Å². The highest BCUT2D eigenvalue weighted by atomic mass is 16.5. The van der Waals surface area contributed by atoms with Gasteiger partial charge in [-0.2, -0.15) is 0 Å². The molecule has 1 aromatic heterocycles. The Balaban J connectivity index is 1.28. The first-order valence-corrected chi connectivity index (χ1v) is 9.46. The summed E-state index contributed by atoms with van der Waals surface area (Å²) in [6, 6.07) is 18.6. The van der Waals surface area contributed by atoms with E-state index in [2.05, 4.69) is 40.5 Å². The summed E-state index contributed by atoms with van der Waals surface area (Å²) in [5.41, 5.74) is 3.50. The minimum Gasteiger partial charge on any atom is -0.379 e. The molecular weight excluding hydrogens is 338 g/mol. The standard InChI is InChI=1S/C22H25N3O2/c26-22(17-25-10-9-20-3-1-2-4-21(20)25)23-15-18-5-7-19(8-6-18)16-24-11-13-27-14-12-24/h1-10H,11-17H2,(H,23,26). The number of carbonyl (C=O) groups is 1. The van der Waals surface area contributed by atoms with Gasteiger partial charge in [0.05, 0.1) is 13.2 Å². The van der Waals surface area contributed by atoms with Gasteiger partial charge in [0, 0.05) is 37.9 Å². The number of rotatable bonds is 6. The van der Waals surface area contributed by atoms with Crippen LogP contribution in [0.4, 0.5) is 0 Å². The second-order valence-corrected chi connectivity index (χ2v) is 6.98. The maximum Gasteiger partial charge on any atom is 0.240 e. The first-order chi connectivity index (χ1) is 13.3. The van der Waals surface area contributed by atoms with Crippen molar-refractivity contribution in [2.75, 3.05) is 26.3 Å². The topological polar surface area (TPSA) is 46.5 Å². The third-order valence-electron chi connectivity index (χ3n) is 5.02. The van der Waals surface area contributed by atoms with Crippen molar-refractivity contribution in [3.63, 3.8) is 0 Å². The van der Waals surface area contributed by atoms with E-state index in [0.717, 1.165) is 49.3 Å². The fourth-order valence-electron chi connectivity index (χ4n) is 3.47. The van der Waals surface area contributed by atoms with Crippen molar-refractivity contribution in [3.8, 4) is 0 Å². The van der Waals surface area contributed by atoms with E-state index in [-0.39, 0.29) is 5.91 Å². The summed E-state index contributed by atoms with van der Waals surface area (Å²) in [5.74, 6) is 0.0220. The maximum atomic E-state index is 12.3. The molecule has 5 heteroatoms. The minimum absolute atomic E-state index is 0.0220. The molecule has 1 fully saturated rings. The van der Waals surface area contributed by atoms with Gasteiger partial charge in [0.2, 0.25) is 5.91 Å². The SMILES string of the molecule is O=C(Cn1ccc2ccccc21)NCc1ccc(CN2CCOCC2)cc1. The third kappa shape index (κ3) is 4.56. The Morgan fingerprint density at radius 3 is 2.52 bits per heavy atom. The number of amides is 1. The Morgan fingerprint density at radius 2 is 1.70 bits per heavy atom. The second kappa shape index (κ2) is 8.37. The Kier molecular flexibility index (Phi) is 5.51. The van der Waals surface area contributed by atoms with Crippen molar-refractivity contribution in [1.82, 2.24) is 14.8 Å². The number of ether oxygens (including phenoxy) is 1. The zero-order valence-electron chi connectivity index (χ0n) is 15.4. The predicted molar refractivity (Wildman–Crippen MR) is 106 cm³/mol. The van der Waals surface area contributed by atoms with Gasteiger partial charge in [-0.25, -0.2) is 0 Å². The number of nitrogens with one attached hydrogen (secondary N) is 1. The van der Waals surface area contributed by atoms with Crippen molar-refractivity contribution in [3.05, 3.63) is 71.9 Å². The summed E-state index contributed by atoms with van der Waals surface area (Å²) in [5, 5.41) is 4.17. The summed E-state index contributed by atoms with van der Waals surface area (Å²) in [6.07, 6.45) is 1.96. The number of carbonyl (C=O) groups excluding carboxylic acids is 1.